The van der Waals surface area contributed by atoms with E-state index in [1.54, 1.807) is 21.8 Å². The maximum absolute atomic E-state index is 12.8. The Balaban J connectivity index is 1.53. The molecule has 4 rings (SSSR count). The van der Waals surface area contributed by atoms with Crippen molar-refractivity contribution in [3.63, 3.8) is 0 Å². The topological polar surface area (TPSA) is 84.4 Å². The van der Waals surface area contributed by atoms with Crippen LogP contribution in [-0.4, -0.2) is 49.5 Å². The zero-order valence-electron chi connectivity index (χ0n) is 14.9. The standard InChI is InChI=1S/C18H24N4O3/c1-11-9-22(10-18(11,24)13-5-4-6-13)17(23)15-7-16(25-20-15)14-8-19-21(3)12(14)2/h7-8,11,13,24H,4-6,9-10H2,1-3H3/t11-,18+/m1/s1. The van der Waals surface area contributed by atoms with Crippen LogP contribution >= 0.6 is 0 Å². The van der Waals surface area contributed by atoms with Crippen molar-refractivity contribution in [2.24, 2.45) is 18.9 Å². The van der Waals surface area contributed by atoms with Crippen LogP contribution in [0.4, 0.5) is 0 Å². The third-order valence-corrected chi connectivity index (χ3v) is 6.12. The number of aryl methyl sites for hydroxylation is 1. The molecule has 1 saturated carbocycles. The number of rotatable bonds is 3. The summed E-state index contributed by atoms with van der Waals surface area (Å²) in [6, 6.07) is 1.66. The zero-order chi connectivity index (χ0) is 17.8. The van der Waals surface area contributed by atoms with Gasteiger partial charge in [-0.1, -0.05) is 18.5 Å². The van der Waals surface area contributed by atoms with E-state index < -0.39 is 5.60 Å². The first-order valence-electron chi connectivity index (χ1n) is 8.87. The molecule has 7 nitrogen and oxygen atoms in total. The van der Waals surface area contributed by atoms with Gasteiger partial charge in [-0.05, 0) is 25.7 Å². The fourth-order valence-electron chi connectivity index (χ4n) is 4.01. The van der Waals surface area contributed by atoms with Gasteiger partial charge in [-0.2, -0.15) is 5.10 Å². The van der Waals surface area contributed by atoms with E-state index in [4.69, 9.17) is 4.52 Å². The highest BCUT2D eigenvalue weighted by atomic mass is 16.5. The molecule has 2 fully saturated rings. The van der Waals surface area contributed by atoms with E-state index in [-0.39, 0.29) is 17.5 Å². The van der Waals surface area contributed by atoms with Gasteiger partial charge in [-0.3, -0.25) is 9.48 Å². The molecule has 2 atom stereocenters. The molecule has 0 unspecified atom stereocenters. The summed E-state index contributed by atoms with van der Waals surface area (Å²) in [5, 5.41) is 19.2. The lowest BCUT2D eigenvalue weighted by molar-refractivity contribution is -0.0660. The SMILES string of the molecule is Cc1c(-c2cc(C(=O)N3C[C@@H](C)[C@](O)(C4CCC4)C3)no2)cnn1C. The molecule has 7 heteroatoms. The van der Waals surface area contributed by atoms with Gasteiger partial charge in [0.15, 0.2) is 11.5 Å². The van der Waals surface area contributed by atoms with E-state index in [0.717, 1.165) is 24.1 Å². The van der Waals surface area contributed by atoms with Crippen molar-refractivity contribution >= 4 is 5.91 Å². The zero-order valence-corrected chi connectivity index (χ0v) is 14.9. The van der Waals surface area contributed by atoms with Crippen LogP contribution < -0.4 is 0 Å². The Morgan fingerprint density at radius 3 is 2.80 bits per heavy atom. The quantitative estimate of drug-likeness (QED) is 0.921. The second-order valence-electron chi connectivity index (χ2n) is 7.55. The Bertz CT molecular complexity index is 807. The monoisotopic (exact) mass is 344 g/mol. The predicted molar refractivity (Wildman–Crippen MR) is 90.8 cm³/mol. The van der Waals surface area contributed by atoms with Crippen LogP contribution in [0.25, 0.3) is 11.3 Å². The molecule has 25 heavy (non-hydrogen) atoms. The van der Waals surface area contributed by atoms with Gasteiger partial charge in [-0.15, -0.1) is 0 Å². The summed E-state index contributed by atoms with van der Waals surface area (Å²) in [5.41, 5.74) is 1.29. The smallest absolute Gasteiger partial charge is 0.276 e. The molecule has 1 aliphatic heterocycles. The summed E-state index contributed by atoms with van der Waals surface area (Å²) < 4.78 is 7.12. The number of β-amino-alcohol motifs (C(OH)–C–C–N with tert-alkyl or cyclic N) is 1. The number of carbonyl (C=O) groups excluding carboxylic acids is 1. The van der Waals surface area contributed by atoms with Crippen molar-refractivity contribution in [2.75, 3.05) is 13.1 Å². The molecule has 3 heterocycles. The Hall–Kier alpha value is -2.15. The highest BCUT2D eigenvalue weighted by Crippen LogP contribution is 2.44. The minimum Gasteiger partial charge on any atom is -0.387 e. The van der Waals surface area contributed by atoms with Gasteiger partial charge in [0, 0.05) is 31.3 Å². The van der Waals surface area contributed by atoms with Crippen LogP contribution in [0.3, 0.4) is 0 Å². The van der Waals surface area contributed by atoms with Gasteiger partial charge >= 0.3 is 0 Å². The van der Waals surface area contributed by atoms with E-state index in [1.807, 2.05) is 20.9 Å². The molecule has 0 aromatic carbocycles. The molecule has 2 aromatic heterocycles. The summed E-state index contributed by atoms with van der Waals surface area (Å²) in [6.07, 6.45) is 4.98. The van der Waals surface area contributed by atoms with Gasteiger partial charge in [0.25, 0.3) is 5.91 Å². The number of hydrogen-bond donors (Lipinski definition) is 1. The van der Waals surface area contributed by atoms with Crippen molar-refractivity contribution in [1.29, 1.82) is 0 Å². The lowest BCUT2D eigenvalue weighted by Gasteiger charge is -2.41. The van der Waals surface area contributed by atoms with Crippen molar-refractivity contribution in [3.05, 3.63) is 23.7 Å². The Labute approximate surface area is 146 Å². The molecule has 2 aromatic rings. The molecule has 2 aliphatic rings. The molecular formula is C18H24N4O3. The maximum atomic E-state index is 12.8. The van der Waals surface area contributed by atoms with Crippen molar-refractivity contribution < 1.29 is 14.4 Å². The number of amides is 1. The number of carbonyl (C=O) groups is 1. The molecule has 1 aliphatic carbocycles. The average Bonchev–Trinajstić information content (AvgIpc) is 3.19. The van der Waals surface area contributed by atoms with E-state index in [1.165, 1.54) is 6.42 Å². The number of nitrogens with zero attached hydrogens (tertiary/aromatic N) is 4. The second-order valence-corrected chi connectivity index (χ2v) is 7.55. The molecule has 0 bridgehead atoms. The van der Waals surface area contributed by atoms with Gasteiger partial charge in [0.1, 0.15) is 0 Å². The first-order chi connectivity index (χ1) is 11.9. The average molecular weight is 344 g/mol. The maximum Gasteiger partial charge on any atom is 0.276 e. The van der Waals surface area contributed by atoms with Crippen molar-refractivity contribution in [3.8, 4) is 11.3 Å². The van der Waals surface area contributed by atoms with Crippen molar-refractivity contribution in [1.82, 2.24) is 19.8 Å². The van der Waals surface area contributed by atoms with Crippen LogP contribution in [0, 0.1) is 18.8 Å². The van der Waals surface area contributed by atoms with Gasteiger partial charge in [0.05, 0.1) is 23.9 Å². The predicted octanol–water partition coefficient (Wildman–Crippen LogP) is 2.01. The Morgan fingerprint density at radius 1 is 1.44 bits per heavy atom. The van der Waals surface area contributed by atoms with Gasteiger partial charge in [-0.25, -0.2) is 0 Å². The number of likely N-dealkylation sites (tertiary alicyclic amines) is 1. The third-order valence-electron chi connectivity index (χ3n) is 6.12. The van der Waals surface area contributed by atoms with Crippen LogP contribution in [-0.2, 0) is 7.05 Å². The lowest BCUT2D eigenvalue weighted by Crippen LogP contribution is -2.48. The largest absolute Gasteiger partial charge is 0.387 e. The molecule has 0 radical (unpaired) electrons. The fraction of sp³-hybridized carbons (Fsp3) is 0.611. The van der Waals surface area contributed by atoms with Crippen LogP contribution in [0.2, 0.25) is 0 Å². The fourth-order valence-corrected chi connectivity index (χ4v) is 4.01. The minimum absolute atomic E-state index is 0.0775. The lowest BCUT2D eigenvalue weighted by atomic mass is 9.69. The van der Waals surface area contributed by atoms with Crippen LogP contribution in [0.1, 0.15) is 42.4 Å². The van der Waals surface area contributed by atoms with Gasteiger partial charge in [0.2, 0.25) is 0 Å². The number of hydrogen-bond acceptors (Lipinski definition) is 5. The Kier molecular flexibility index (Phi) is 3.72. The normalized spacial score (nSPS) is 26.9. The molecule has 134 valence electrons. The minimum atomic E-state index is -0.763. The van der Waals surface area contributed by atoms with E-state index in [9.17, 15) is 9.90 Å². The first-order valence-corrected chi connectivity index (χ1v) is 8.87. The summed E-state index contributed by atoms with van der Waals surface area (Å²) in [4.78, 5) is 14.5. The summed E-state index contributed by atoms with van der Waals surface area (Å²) >= 11 is 0. The molecule has 1 saturated heterocycles. The van der Waals surface area contributed by atoms with Crippen molar-refractivity contribution in [2.45, 2.75) is 38.7 Å². The van der Waals surface area contributed by atoms with E-state index in [2.05, 4.69) is 10.3 Å². The highest BCUT2D eigenvalue weighted by Gasteiger charge is 2.51. The highest BCUT2D eigenvalue weighted by molar-refractivity contribution is 5.93. The molecular weight excluding hydrogens is 320 g/mol. The van der Waals surface area contributed by atoms with Crippen LogP contribution in [0.5, 0.6) is 0 Å². The summed E-state index contributed by atoms with van der Waals surface area (Å²) in [6.45, 7) is 4.90. The van der Waals surface area contributed by atoms with E-state index in [0.29, 0.717) is 24.8 Å². The number of aromatic nitrogens is 3. The molecule has 1 N–H and O–H groups in total. The number of aliphatic hydroxyl groups is 1. The molecule has 0 spiro atoms. The van der Waals surface area contributed by atoms with E-state index >= 15 is 0 Å². The molecule has 1 amide bonds. The third kappa shape index (κ3) is 2.49. The summed E-state index contributed by atoms with van der Waals surface area (Å²) in [5.74, 6) is 0.744. The Morgan fingerprint density at radius 2 is 2.20 bits per heavy atom. The van der Waals surface area contributed by atoms with Gasteiger partial charge < -0.3 is 14.5 Å². The first kappa shape index (κ1) is 16.3. The second kappa shape index (κ2) is 5.69. The van der Waals surface area contributed by atoms with Crippen LogP contribution in [0.15, 0.2) is 16.8 Å². The summed E-state index contributed by atoms with van der Waals surface area (Å²) in [7, 11) is 1.86.